The molecule has 3 rings (SSSR count). The Bertz CT molecular complexity index is 950. The number of rotatable bonds is 4. The molecule has 1 aromatic carbocycles. The van der Waals surface area contributed by atoms with Gasteiger partial charge in [0.2, 0.25) is 5.82 Å². The van der Waals surface area contributed by atoms with Gasteiger partial charge in [-0.15, -0.1) is 0 Å². The van der Waals surface area contributed by atoms with Gasteiger partial charge in [0.05, 0.1) is 0 Å². The zero-order valence-corrected chi connectivity index (χ0v) is 15.1. The highest BCUT2D eigenvalue weighted by molar-refractivity contribution is 5.63. The molecule has 0 saturated heterocycles. The number of benzene rings is 1. The maximum Gasteiger partial charge on any atom is 0.201 e. The van der Waals surface area contributed by atoms with Crippen molar-refractivity contribution < 1.29 is 8.78 Å². The number of hydrogen-bond acceptors (Lipinski definition) is 7. The van der Waals surface area contributed by atoms with Crippen molar-refractivity contribution >= 4 is 23.1 Å². The van der Waals surface area contributed by atoms with Crippen molar-refractivity contribution in [3.05, 3.63) is 48.2 Å². The van der Waals surface area contributed by atoms with Gasteiger partial charge in [-0.2, -0.15) is 0 Å². The highest BCUT2D eigenvalue weighted by Gasteiger charge is 2.15. The number of nitrogens with two attached hydrogens (primary N) is 1. The Labute approximate surface area is 155 Å². The summed E-state index contributed by atoms with van der Waals surface area (Å²) < 4.78 is 26.9. The van der Waals surface area contributed by atoms with Crippen LogP contribution in [-0.4, -0.2) is 25.5 Å². The Balaban J connectivity index is 2.03. The van der Waals surface area contributed by atoms with Crippen molar-refractivity contribution in [1.29, 1.82) is 0 Å². The Morgan fingerprint density at radius 2 is 1.56 bits per heavy atom. The number of nitrogens with one attached hydrogen (secondary N) is 2. The molecule has 0 spiro atoms. The van der Waals surface area contributed by atoms with Crippen LogP contribution in [-0.2, 0) is 0 Å². The summed E-state index contributed by atoms with van der Waals surface area (Å²) in [5.74, 6) is 0.162. The van der Waals surface area contributed by atoms with Crippen LogP contribution in [0.5, 0.6) is 0 Å². The molecule has 0 amide bonds. The molecule has 0 bridgehead atoms. The zero-order chi connectivity index (χ0) is 19.6. The Hall–Kier alpha value is -3.36. The van der Waals surface area contributed by atoms with E-state index in [0.29, 0.717) is 11.6 Å². The van der Waals surface area contributed by atoms with Gasteiger partial charge >= 0.3 is 0 Å². The highest BCUT2D eigenvalue weighted by atomic mass is 19.1. The van der Waals surface area contributed by atoms with E-state index in [4.69, 9.17) is 5.73 Å². The molecule has 0 unspecified atom stereocenters. The second-order valence-corrected chi connectivity index (χ2v) is 6.93. The quantitative estimate of drug-likeness (QED) is 0.642. The number of nitrogens with zero attached hydrogens (tertiary/aromatic N) is 4. The molecule has 140 valence electrons. The first kappa shape index (κ1) is 18.4. The van der Waals surface area contributed by atoms with E-state index in [1.54, 1.807) is 12.1 Å². The molecule has 9 heteroatoms. The van der Waals surface area contributed by atoms with E-state index < -0.39 is 11.6 Å². The molecule has 0 aliphatic heterocycles. The monoisotopic (exact) mass is 371 g/mol. The third kappa shape index (κ3) is 5.06. The van der Waals surface area contributed by atoms with Gasteiger partial charge in [-0.25, -0.2) is 28.7 Å². The van der Waals surface area contributed by atoms with Crippen LogP contribution >= 0.6 is 0 Å². The maximum absolute atomic E-state index is 13.5. The maximum atomic E-state index is 13.5. The lowest BCUT2D eigenvalue weighted by Gasteiger charge is -2.22. The van der Waals surface area contributed by atoms with E-state index >= 15 is 0 Å². The fourth-order valence-electron chi connectivity index (χ4n) is 2.31. The molecule has 0 radical (unpaired) electrons. The lowest BCUT2D eigenvalue weighted by atomic mass is 10.1. The molecule has 2 heterocycles. The molecule has 0 fully saturated rings. The summed E-state index contributed by atoms with van der Waals surface area (Å²) in [5, 5.41) is 6.11. The van der Waals surface area contributed by atoms with Gasteiger partial charge in [-0.3, -0.25) is 0 Å². The molecule has 4 N–H and O–H groups in total. The van der Waals surface area contributed by atoms with Crippen LogP contribution in [0.3, 0.4) is 0 Å². The SMILES string of the molecule is CC(C)(C)Nc1cc(Nc2cc(F)cc(F)c2)nc(-c2nccc(N)n2)n1. The molecular formula is C18H19F2N7. The minimum atomic E-state index is -0.695. The van der Waals surface area contributed by atoms with E-state index in [2.05, 4.69) is 30.6 Å². The highest BCUT2D eigenvalue weighted by Crippen LogP contribution is 2.24. The summed E-state index contributed by atoms with van der Waals surface area (Å²) in [6.45, 7) is 5.92. The first-order chi connectivity index (χ1) is 12.7. The predicted octanol–water partition coefficient (Wildman–Crippen LogP) is 3.75. The standard InChI is InChI=1S/C18H19F2N7/c1-18(2,3)27-15-9-14(23-12-7-10(19)6-11(20)8-12)25-17(26-15)16-22-5-4-13(21)24-16/h4-9H,1-3H3,(H2,21,22,24)(H2,23,25,26,27). The van der Waals surface area contributed by atoms with Crippen LogP contribution in [0.15, 0.2) is 36.5 Å². The van der Waals surface area contributed by atoms with Crippen molar-refractivity contribution in [2.75, 3.05) is 16.4 Å². The van der Waals surface area contributed by atoms with Crippen molar-refractivity contribution in [3.8, 4) is 11.6 Å². The minimum absolute atomic E-state index is 0.215. The molecule has 0 aliphatic carbocycles. The third-order valence-electron chi connectivity index (χ3n) is 3.24. The summed E-state index contributed by atoms with van der Waals surface area (Å²) in [6, 6.07) is 6.31. The predicted molar refractivity (Wildman–Crippen MR) is 100 cm³/mol. The number of hydrogen-bond donors (Lipinski definition) is 3. The van der Waals surface area contributed by atoms with Crippen molar-refractivity contribution in [1.82, 2.24) is 19.9 Å². The summed E-state index contributed by atoms with van der Waals surface area (Å²) in [5.41, 5.74) is 5.65. The largest absolute Gasteiger partial charge is 0.384 e. The lowest BCUT2D eigenvalue weighted by Crippen LogP contribution is -2.27. The van der Waals surface area contributed by atoms with Crippen LogP contribution in [0.2, 0.25) is 0 Å². The normalized spacial score (nSPS) is 11.3. The van der Waals surface area contributed by atoms with Gasteiger partial charge in [0, 0.05) is 29.6 Å². The van der Waals surface area contributed by atoms with Gasteiger partial charge in [0.1, 0.15) is 29.1 Å². The first-order valence-corrected chi connectivity index (χ1v) is 8.17. The molecular weight excluding hydrogens is 352 g/mol. The Kier molecular flexibility index (Phi) is 4.85. The summed E-state index contributed by atoms with van der Waals surface area (Å²) >= 11 is 0. The van der Waals surface area contributed by atoms with Crippen LogP contribution in [0.4, 0.5) is 31.9 Å². The molecule has 27 heavy (non-hydrogen) atoms. The number of nitrogen functional groups attached to an aromatic ring is 1. The van der Waals surface area contributed by atoms with Crippen molar-refractivity contribution in [2.45, 2.75) is 26.3 Å². The van der Waals surface area contributed by atoms with E-state index in [9.17, 15) is 8.78 Å². The van der Waals surface area contributed by atoms with Crippen molar-refractivity contribution in [2.24, 2.45) is 0 Å². The van der Waals surface area contributed by atoms with Gasteiger partial charge in [0.25, 0.3) is 0 Å². The summed E-state index contributed by atoms with van der Waals surface area (Å²) in [6.07, 6.45) is 1.50. The average molecular weight is 371 g/mol. The first-order valence-electron chi connectivity index (χ1n) is 8.17. The van der Waals surface area contributed by atoms with Gasteiger partial charge < -0.3 is 16.4 Å². The fraction of sp³-hybridized carbons (Fsp3) is 0.222. The van der Waals surface area contributed by atoms with Crippen LogP contribution in [0.1, 0.15) is 20.8 Å². The Morgan fingerprint density at radius 1 is 0.889 bits per heavy atom. The third-order valence-corrected chi connectivity index (χ3v) is 3.24. The van der Waals surface area contributed by atoms with Crippen LogP contribution < -0.4 is 16.4 Å². The smallest absolute Gasteiger partial charge is 0.201 e. The van der Waals surface area contributed by atoms with Gasteiger partial charge in [0.15, 0.2) is 5.82 Å². The number of aromatic nitrogens is 4. The summed E-state index contributed by atoms with van der Waals surface area (Å²) in [4.78, 5) is 17.0. The average Bonchev–Trinajstić information content (AvgIpc) is 2.52. The van der Waals surface area contributed by atoms with Crippen molar-refractivity contribution in [3.63, 3.8) is 0 Å². The number of halogens is 2. The molecule has 0 aliphatic rings. The number of anilines is 4. The second kappa shape index (κ2) is 7.10. The minimum Gasteiger partial charge on any atom is -0.384 e. The van der Waals surface area contributed by atoms with E-state index in [0.717, 1.165) is 6.07 Å². The summed E-state index contributed by atoms with van der Waals surface area (Å²) in [7, 11) is 0. The Morgan fingerprint density at radius 3 is 2.19 bits per heavy atom. The second-order valence-electron chi connectivity index (χ2n) is 6.93. The van der Waals surface area contributed by atoms with E-state index in [1.807, 2.05) is 20.8 Å². The van der Waals surface area contributed by atoms with Crippen LogP contribution in [0.25, 0.3) is 11.6 Å². The fourth-order valence-corrected chi connectivity index (χ4v) is 2.31. The molecule has 0 atom stereocenters. The van der Waals surface area contributed by atoms with Gasteiger partial charge in [-0.05, 0) is 39.0 Å². The van der Waals surface area contributed by atoms with E-state index in [-0.39, 0.29) is 28.7 Å². The molecule has 3 aromatic rings. The lowest BCUT2D eigenvalue weighted by molar-refractivity contribution is 0.584. The molecule has 7 nitrogen and oxygen atoms in total. The van der Waals surface area contributed by atoms with Gasteiger partial charge in [-0.1, -0.05) is 0 Å². The topological polar surface area (TPSA) is 102 Å². The molecule has 2 aromatic heterocycles. The zero-order valence-electron chi connectivity index (χ0n) is 15.1. The molecule has 0 saturated carbocycles. The van der Waals surface area contributed by atoms with Crippen LogP contribution in [0, 0.1) is 11.6 Å². The van der Waals surface area contributed by atoms with E-state index in [1.165, 1.54) is 18.3 Å².